The molecular weight excluding hydrogens is 354 g/mol. The van der Waals surface area contributed by atoms with E-state index in [4.69, 9.17) is 20.8 Å². The van der Waals surface area contributed by atoms with Crippen LogP contribution in [0.4, 0.5) is 10.8 Å². The van der Waals surface area contributed by atoms with Gasteiger partial charge in [0.1, 0.15) is 11.1 Å². The van der Waals surface area contributed by atoms with Crippen LogP contribution < -0.4 is 10.6 Å². The van der Waals surface area contributed by atoms with Crippen molar-refractivity contribution in [2.24, 2.45) is 5.92 Å². The van der Waals surface area contributed by atoms with E-state index in [0.717, 1.165) is 31.2 Å². The normalized spacial score (nSPS) is 20.8. The first-order chi connectivity index (χ1) is 12.3. The number of benzene rings is 1. The number of nitrogens with one attached hydrogen (secondary N) is 2. The zero-order valence-corrected chi connectivity index (χ0v) is 16.2. The van der Waals surface area contributed by atoms with Gasteiger partial charge in [0.2, 0.25) is 0 Å². The van der Waals surface area contributed by atoms with E-state index < -0.39 is 5.60 Å². The van der Waals surface area contributed by atoms with Crippen molar-refractivity contribution in [2.75, 3.05) is 11.9 Å². The summed E-state index contributed by atoms with van der Waals surface area (Å²) in [5.74, 6) is 0.475. The summed E-state index contributed by atoms with van der Waals surface area (Å²) in [4.78, 5) is 16.2. The minimum atomic E-state index is -0.463. The van der Waals surface area contributed by atoms with Gasteiger partial charge in [0.25, 0.3) is 6.01 Å². The standard InChI is InChI=1S/C19H26ClN3O3/c1-19(2,3)26-18(24)21-11-12-4-7-14(8-5-12)22-17-23-15-9-6-13(20)10-16(15)25-17/h6,9-10,12,14H,4-5,7-8,11H2,1-3H3,(H,21,24)(H,22,23). The van der Waals surface area contributed by atoms with Gasteiger partial charge in [-0.2, -0.15) is 4.98 Å². The molecule has 3 rings (SSSR count). The van der Waals surface area contributed by atoms with Crippen LogP contribution in [-0.4, -0.2) is 29.3 Å². The Hall–Kier alpha value is -1.95. The Kier molecular flexibility index (Phi) is 5.61. The van der Waals surface area contributed by atoms with Gasteiger partial charge in [0, 0.05) is 23.7 Å². The van der Waals surface area contributed by atoms with Crippen molar-refractivity contribution in [1.82, 2.24) is 10.3 Å². The van der Waals surface area contributed by atoms with E-state index in [-0.39, 0.29) is 6.09 Å². The molecule has 1 aromatic heterocycles. The van der Waals surface area contributed by atoms with Crippen molar-refractivity contribution in [2.45, 2.75) is 58.1 Å². The zero-order valence-electron chi connectivity index (χ0n) is 15.5. The van der Waals surface area contributed by atoms with Crippen LogP contribution in [0.5, 0.6) is 0 Å². The second kappa shape index (κ2) is 7.74. The summed E-state index contributed by atoms with van der Waals surface area (Å²) in [5, 5.41) is 6.88. The molecule has 1 aliphatic rings. The molecule has 0 atom stereocenters. The predicted molar refractivity (Wildman–Crippen MR) is 103 cm³/mol. The zero-order chi connectivity index (χ0) is 18.7. The second-order valence-electron chi connectivity index (χ2n) is 7.88. The highest BCUT2D eigenvalue weighted by Crippen LogP contribution is 2.28. The molecule has 6 nitrogen and oxygen atoms in total. The monoisotopic (exact) mass is 379 g/mol. The van der Waals surface area contributed by atoms with Crippen LogP contribution in [0.1, 0.15) is 46.5 Å². The highest BCUT2D eigenvalue weighted by molar-refractivity contribution is 6.31. The summed E-state index contributed by atoms with van der Waals surface area (Å²) in [5.41, 5.74) is 1.03. The van der Waals surface area contributed by atoms with E-state index in [2.05, 4.69) is 15.6 Å². The third-order valence-electron chi connectivity index (χ3n) is 4.46. The molecule has 1 aromatic carbocycles. The highest BCUT2D eigenvalue weighted by atomic mass is 35.5. The van der Waals surface area contributed by atoms with E-state index in [1.807, 2.05) is 26.8 Å². The lowest BCUT2D eigenvalue weighted by Gasteiger charge is -2.29. The third kappa shape index (κ3) is 5.27. The summed E-state index contributed by atoms with van der Waals surface area (Å²) in [6.07, 6.45) is 3.77. The van der Waals surface area contributed by atoms with Crippen LogP contribution in [-0.2, 0) is 4.74 Å². The molecule has 142 valence electrons. The van der Waals surface area contributed by atoms with E-state index in [9.17, 15) is 4.79 Å². The van der Waals surface area contributed by atoms with Crippen LogP contribution in [0, 0.1) is 5.92 Å². The molecule has 2 aromatic rings. The maximum absolute atomic E-state index is 11.7. The fourth-order valence-electron chi connectivity index (χ4n) is 3.19. The van der Waals surface area contributed by atoms with E-state index in [0.29, 0.717) is 35.1 Å². The first kappa shape index (κ1) is 18.8. The minimum absolute atomic E-state index is 0.330. The molecule has 0 unspecified atom stereocenters. The molecule has 1 aliphatic carbocycles. The number of hydrogen-bond donors (Lipinski definition) is 2. The molecule has 0 radical (unpaired) electrons. The lowest BCUT2D eigenvalue weighted by Crippen LogP contribution is -2.37. The summed E-state index contributed by atoms with van der Waals surface area (Å²) >= 11 is 5.98. The lowest BCUT2D eigenvalue weighted by atomic mass is 9.86. The van der Waals surface area contributed by atoms with Gasteiger partial charge >= 0.3 is 6.09 Å². The fraction of sp³-hybridized carbons (Fsp3) is 0.579. The van der Waals surface area contributed by atoms with Gasteiger partial charge in [-0.3, -0.25) is 0 Å². The summed E-state index contributed by atoms with van der Waals surface area (Å²) in [6.45, 7) is 6.25. The molecule has 0 bridgehead atoms. The van der Waals surface area contributed by atoms with Crippen LogP contribution >= 0.6 is 11.6 Å². The van der Waals surface area contributed by atoms with Gasteiger partial charge in [-0.05, 0) is 64.5 Å². The SMILES string of the molecule is CC(C)(C)OC(=O)NCC1CCC(Nc2nc3ccc(Cl)cc3o2)CC1. The van der Waals surface area contributed by atoms with E-state index >= 15 is 0 Å². The molecule has 26 heavy (non-hydrogen) atoms. The first-order valence-corrected chi connectivity index (χ1v) is 9.46. The van der Waals surface area contributed by atoms with Gasteiger partial charge in [-0.15, -0.1) is 0 Å². The summed E-state index contributed by atoms with van der Waals surface area (Å²) in [6, 6.07) is 6.30. The van der Waals surface area contributed by atoms with Crippen molar-refractivity contribution in [1.29, 1.82) is 0 Å². The van der Waals surface area contributed by atoms with Crippen LogP contribution in [0.2, 0.25) is 5.02 Å². The molecule has 0 spiro atoms. The molecule has 1 saturated carbocycles. The molecule has 7 heteroatoms. The fourth-order valence-corrected chi connectivity index (χ4v) is 3.35. The van der Waals surface area contributed by atoms with Crippen molar-refractivity contribution < 1.29 is 13.9 Å². The van der Waals surface area contributed by atoms with Gasteiger partial charge in [-0.1, -0.05) is 11.6 Å². The Labute approximate surface area is 158 Å². The molecule has 1 fully saturated rings. The Balaban J connectivity index is 1.44. The molecule has 1 amide bonds. The van der Waals surface area contributed by atoms with E-state index in [1.165, 1.54) is 0 Å². The van der Waals surface area contributed by atoms with Crippen molar-refractivity contribution >= 4 is 34.8 Å². The number of oxazole rings is 1. The molecule has 0 aliphatic heterocycles. The van der Waals surface area contributed by atoms with Crippen LogP contribution in [0.25, 0.3) is 11.1 Å². The van der Waals surface area contributed by atoms with Crippen molar-refractivity contribution in [3.63, 3.8) is 0 Å². The van der Waals surface area contributed by atoms with Gasteiger partial charge in [-0.25, -0.2) is 4.79 Å². The van der Waals surface area contributed by atoms with E-state index in [1.54, 1.807) is 12.1 Å². The minimum Gasteiger partial charge on any atom is -0.444 e. The number of carbonyl (C=O) groups is 1. The number of nitrogens with zero attached hydrogens (tertiary/aromatic N) is 1. The number of fused-ring (bicyclic) bond motifs is 1. The van der Waals surface area contributed by atoms with Crippen molar-refractivity contribution in [3.05, 3.63) is 23.2 Å². The maximum Gasteiger partial charge on any atom is 0.407 e. The number of alkyl carbamates (subject to hydrolysis) is 1. The Bertz CT molecular complexity index is 761. The molecule has 2 N–H and O–H groups in total. The number of amides is 1. The summed E-state index contributed by atoms with van der Waals surface area (Å²) in [7, 11) is 0. The molecular formula is C19H26ClN3O3. The quantitative estimate of drug-likeness (QED) is 0.783. The number of aromatic nitrogens is 1. The van der Waals surface area contributed by atoms with Crippen molar-refractivity contribution in [3.8, 4) is 0 Å². The number of carbonyl (C=O) groups excluding carboxylic acids is 1. The topological polar surface area (TPSA) is 76.4 Å². The molecule has 1 heterocycles. The number of anilines is 1. The van der Waals surface area contributed by atoms with Crippen LogP contribution in [0.3, 0.4) is 0 Å². The van der Waals surface area contributed by atoms with Gasteiger partial charge in [0.15, 0.2) is 5.58 Å². The Morgan fingerprint density at radius 2 is 2.04 bits per heavy atom. The highest BCUT2D eigenvalue weighted by Gasteiger charge is 2.24. The van der Waals surface area contributed by atoms with Gasteiger partial charge in [0.05, 0.1) is 0 Å². The Morgan fingerprint density at radius 1 is 1.31 bits per heavy atom. The summed E-state index contributed by atoms with van der Waals surface area (Å²) < 4.78 is 11.0. The van der Waals surface area contributed by atoms with Gasteiger partial charge < -0.3 is 19.8 Å². The number of rotatable bonds is 4. The van der Waals surface area contributed by atoms with Crippen LogP contribution in [0.15, 0.2) is 22.6 Å². The average Bonchev–Trinajstić information content (AvgIpc) is 2.94. The largest absolute Gasteiger partial charge is 0.444 e. The number of halogens is 1. The molecule has 0 saturated heterocycles. The smallest absolute Gasteiger partial charge is 0.407 e. The number of hydrogen-bond acceptors (Lipinski definition) is 5. The maximum atomic E-state index is 11.7. The second-order valence-corrected chi connectivity index (χ2v) is 8.31. The first-order valence-electron chi connectivity index (χ1n) is 9.08. The predicted octanol–water partition coefficient (Wildman–Crippen LogP) is 4.98. The number of ether oxygens (including phenoxy) is 1. The third-order valence-corrected chi connectivity index (χ3v) is 4.69. The average molecular weight is 380 g/mol. The lowest BCUT2D eigenvalue weighted by molar-refractivity contribution is 0.0515. The Morgan fingerprint density at radius 3 is 2.73 bits per heavy atom.